The van der Waals surface area contributed by atoms with Crippen molar-refractivity contribution >= 4 is 28.9 Å². The first-order valence-corrected chi connectivity index (χ1v) is 19.5. The fraction of sp³-hybridized carbons (Fsp3) is 0.419. The lowest BCUT2D eigenvalue weighted by molar-refractivity contribution is -0.135. The molecule has 8 rings (SSSR count). The summed E-state index contributed by atoms with van der Waals surface area (Å²) in [5.74, 6) is 2.10. The van der Waals surface area contributed by atoms with Crippen molar-refractivity contribution in [3.05, 3.63) is 78.1 Å². The van der Waals surface area contributed by atoms with Gasteiger partial charge in [0.25, 0.3) is 0 Å². The van der Waals surface area contributed by atoms with Crippen LogP contribution in [0, 0.1) is 5.92 Å². The molecule has 2 aromatic heterocycles. The first-order chi connectivity index (χ1) is 26.9. The van der Waals surface area contributed by atoms with E-state index >= 15 is 0 Å². The minimum absolute atomic E-state index is 0.105. The molecule has 5 heterocycles. The monoisotopic (exact) mass is 759 g/mol. The molecule has 0 radical (unpaired) electrons. The van der Waals surface area contributed by atoms with Crippen LogP contribution in [-0.2, 0) is 20.9 Å². The minimum Gasteiger partial charge on any atom is -0.488 e. The zero-order valence-corrected chi connectivity index (χ0v) is 32.8. The maximum Gasteiger partial charge on any atom is 0.410 e. The summed E-state index contributed by atoms with van der Waals surface area (Å²) in [6.45, 7) is 11.1. The van der Waals surface area contributed by atoms with Gasteiger partial charge in [0.2, 0.25) is 5.91 Å². The van der Waals surface area contributed by atoms with Gasteiger partial charge >= 0.3 is 12.2 Å². The zero-order chi connectivity index (χ0) is 39.3. The number of aromatic amines is 2. The molecule has 0 unspecified atom stereocenters. The molecule has 0 spiro atoms. The van der Waals surface area contributed by atoms with Crippen molar-refractivity contribution in [3.8, 4) is 39.4 Å². The zero-order valence-electron chi connectivity index (χ0n) is 32.8. The fourth-order valence-corrected chi connectivity index (χ4v) is 8.22. The average molecular weight is 760 g/mol. The lowest BCUT2D eigenvalue weighted by Gasteiger charge is -2.30. The van der Waals surface area contributed by atoms with Crippen molar-refractivity contribution in [3.63, 3.8) is 0 Å². The Bertz CT molecular complexity index is 2300. The minimum atomic E-state index is -0.689. The number of aromatic nitrogens is 4. The van der Waals surface area contributed by atoms with Gasteiger partial charge in [0, 0.05) is 29.6 Å². The molecule has 3 N–H and O–H groups in total. The van der Waals surface area contributed by atoms with E-state index in [1.54, 1.807) is 4.90 Å². The van der Waals surface area contributed by atoms with Gasteiger partial charge in [-0.3, -0.25) is 9.69 Å². The van der Waals surface area contributed by atoms with Gasteiger partial charge in [0.1, 0.15) is 35.6 Å². The molecule has 2 fully saturated rings. The number of imidazole rings is 2. The van der Waals surface area contributed by atoms with Crippen LogP contribution in [0.15, 0.2) is 60.9 Å². The van der Waals surface area contributed by atoms with Crippen LogP contribution in [0.3, 0.4) is 0 Å². The van der Waals surface area contributed by atoms with Gasteiger partial charge in [0.15, 0.2) is 0 Å². The molecule has 0 bridgehead atoms. The van der Waals surface area contributed by atoms with E-state index < -0.39 is 17.7 Å². The van der Waals surface area contributed by atoms with Gasteiger partial charge < -0.3 is 34.4 Å². The van der Waals surface area contributed by atoms with E-state index in [2.05, 4.69) is 63.8 Å². The van der Waals surface area contributed by atoms with Gasteiger partial charge in [-0.15, -0.1) is 0 Å². The van der Waals surface area contributed by atoms with Gasteiger partial charge in [-0.05, 0) is 92.6 Å². The van der Waals surface area contributed by atoms with Crippen molar-refractivity contribution in [2.75, 3.05) is 20.2 Å². The van der Waals surface area contributed by atoms with Gasteiger partial charge in [-0.25, -0.2) is 19.6 Å². The number of amides is 3. The third-order valence-electron chi connectivity index (χ3n) is 11.0. The summed E-state index contributed by atoms with van der Waals surface area (Å²) in [5.41, 5.74) is 6.43. The first-order valence-electron chi connectivity index (χ1n) is 19.5. The van der Waals surface area contributed by atoms with E-state index in [1.165, 1.54) is 7.11 Å². The fourth-order valence-electron chi connectivity index (χ4n) is 8.22. The third-order valence-corrected chi connectivity index (χ3v) is 11.0. The lowest BCUT2D eigenvalue weighted by Crippen LogP contribution is -2.51. The van der Waals surface area contributed by atoms with Crippen LogP contribution in [-0.4, -0.2) is 79.7 Å². The number of carbonyl (C=O) groups excluding carboxylic acids is 3. The first kappa shape index (κ1) is 37.1. The lowest BCUT2D eigenvalue weighted by atomic mass is 9.92. The third kappa shape index (κ3) is 7.06. The van der Waals surface area contributed by atoms with Crippen molar-refractivity contribution in [1.29, 1.82) is 0 Å². The summed E-state index contributed by atoms with van der Waals surface area (Å²) >= 11 is 0. The summed E-state index contributed by atoms with van der Waals surface area (Å²) in [5, 5.41) is 4.77. The highest BCUT2D eigenvalue weighted by atomic mass is 16.6. The summed E-state index contributed by atoms with van der Waals surface area (Å²) in [6, 6.07) is 15.9. The second-order valence-electron chi connectivity index (χ2n) is 16.3. The number of methoxy groups -OCH3 is 1. The topological polar surface area (TPSA) is 155 Å². The number of carbonyl (C=O) groups is 3. The standard InChI is InChI=1S/C43H49N7O6/c1-24(2)36(48-41(52)54-6)40(51)49-17-7-9-34(49)38-44-21-32(46-38)26-13-15-30-25(19-26)11-16-31-29-14-12-27(20-28(29)23-55-37(30)31)33-22-45-39(47-33)35-10-8-18-50(35)42(53)56-43(3,4)5/h11-16,19-22,24,34-36H,7-10,17-18,23H2,1-6H3,(H,44,46)(H,45,47)(H,48,52)/t34-,35-,36-/m0/s1. The Kier molecular flexibility index (Phi) is 9.71. The average Bonchev–Trinajstić information content (AvgIpc) is 4.01. The number of hydrogen-bond acceptors (Lipinski definition) is 8. The molecule has 13 nitrogen and oxygen atoms in total. The van der Waals surface area contributed by atoms with Crippen LogP contribution < -0.4 is 10.1 Å². The Hall–Kier alpha value is -5.85. The number of hydrogen-bond donors (Lipinski definition) is 3. The summed E-state index contributed by atoms with van der Waals surface area (Å²) in [7, 11) is 1.29. The molecular weight excluding hydrogens is 711 g/mol. The number of nitrogens with zero attached hydrogens (tertiary/aromatic N) is 4. The molecule has 13 heteroatoms. The van der Waals surface area contributed by atoms with Gasteiger partial charge in [-0.2, -0.15) is 0 Å². The van der Waals surface area contributed by atoms with E-state index in [-0.39, 0.29) is 30.0 Å². The molecule has 56 heavy (non-hydrogen) atoms. The Balaban J connectivity index is 0.995. The van der Waals surface area contributed by atoms with Crippen molar-refractivity contribution in [1.82, 2.24) is 35.1 Å². The highest BCUT2D eigenvalue weighted by molar-refractivity contribution is 5.98. The Morgan fingerprint density at radius 2 is 1.48 bits per heavy atom. The molecule has 3 aromatic carbocycles. The Labute approximate surface area is 326 Å². The number of rotatable bonds is 7. The molecule has 0 saturated carbocycles. The van der Waals surface area contributed by atoms with Crippen molar-refractivity contribution in [2.24, 2.45) is 5.92 Å². The maximum absolute atomic E-state index is 13.6. The van der Waals surface area contributed by atoms with Crippen LogP contribution >= 0.6 is 0 Å². The Morgan fingerprint density at radius 1 is 0.857 bits per heavy atom. The number of ether oxygens (including phenoxy) is 3. The smallest absolute Gasteiger partial charge is 0.410 e. The predicted octanol–water partition coefficient (Wildman–Crippen LogP) is 8.30. The quantitative estimate of drug-likeness (QED) is 0.150. The highest BCUT2D eigenvalue weighted by Gasteiger charge is 2.38. The van der Waals surface area contributed by atoms with E-state index in [9.17, 15) is 14.4 Å². The predicted molar refractivity (Wildman–Crippen MR) is 212 cm³/mol. The molecule has 2 saturated heterocycles. The van der Waals surface area contributed by atoms with Crippen LogP contribution in [0.1, 0.15) is 89.6 Å². The molecule has 3 aliphatic heterocycles. The van der Waals surface area contributed by atoms with Crippen LogP contribution in [0.25, 0.3) is 44.4 Å². The molecule has 292 valence electrons. The molecule has 3 amide bonds. The molecular formula is C43H49N7O6. The summed E-state index contributed by atoms with van der Waals surface area (Å²) < 4.78 is 16.9. The molecule has 3 atom stereocenters. The second kappa shape index (κ2) is 14.7. The van der Waals surface area contributed by atoms with E-state index in [0.717, 1.165) is 93.1 Å². The number of likely N-dealkylation sites (tertiary alicyclic amines) is 2. The molecule has 3 aliphatic rings. The number of fused-ring (bicyclic) bond motifs is 5. The summed E-state index contributed by atoms with van der Waals surface area (Å²) in [6.07, 6.45) is 6.09. The van der Waals surface area contributed by atoms with Crippen molar-refractivity contribution < 1.29 is 28.6 Å². The SMILES string of the molecule is COC(=O)N[C@H](C(=O)N1CCC[C@H]1c1ncc(-c2ccc3c4c(ccc3c2)-c2ccc(-c3cnc([C@@H]5CCCN5C(=O)OC(C)(C)C)[nH]3)cc2CO4)[nH]1)C(C)C. The summed E-state index contributed by atoms with van der Waals surface area (Å²) in [4.78, 5) is 58.5. The second-order valence-corrected chi connectivity index (χ2v) is 16.3. The number of H-pyrrole nitrogens is 2. The van der Waals surface area contributed by atoms with Crippen LogP contribution in [0.4, 0.5) is 9.59 Å². The number of nitrogens with one attached hydrogen (secondary N) is 3. The normalized spacial score (nSPS) is 18.4. The van der Waals surface area contributed by atoms with Gasteiger partial charge in [0.05, 0.1) is 43.0 Å². The maximum atomic E-state index is 13.6. The Morgan fingerprint density at radius 3 is 2.14 bits per heavy atom. The number of alkyl carbamates (subject to hydrolysis) is 1. The highest BCUT2D eigenvalue weighted by Crippen LogP contribution is 2.44. The largest absolute Gasteiger partial charge is 0.488 e. The van der Waals surface area contributed by atoms with Gasteiger partial charge in [-0.1, -0.05) is 44.2 Å². The van der Waals surface area contributed by atoms with Crippen molar-refractivity contribution in [2.45, 2.75) is 90.6 Å². The molecule has 0 aliphatic carbocycles. The van der Waals surface area contributed by atoms with E-state index in [0.29, 0.717) is 19.7 Å². The number of benzene rings is 3. The van der Waals surface area contributed by atoms with E-state index in [1.807, 2.05) is 51.9 Å². The molecule has 5 aromatic rings. The van der Waals surface area contributed by atoms with Crippen LogP contribution in [0.5, 0.6) is 5.75 Å². The van der Waals surface area contributed by atoms with Crippen LogP contribution in [0.2, 0.25) is 0 Å². The van der Waals surface area contributed by atoms with E-state index in [4.69, 9.17) is 24.2 Å².